The van der Waals surface area contributed by atoms with Crippen molar-refractivity contribution in [2.45, 2.75) is 33.7 Å². The van der Waals surface area contributed by atoms with Gasteiger partial charge in [0.1, 0.15) is 16.2 Å². The number of Topliss-reactive ketones (excluding diaryl/α,β-unsaturated/α-hetero) is 1. The van der Waals surface area contributed by atoms with E-state index in [1.165, 1.54) is 4.90 Å². The number of rotatable bonds is 5. The van der Waals surface area contributed by atoms with E-state index in [-0.39, 0.29) is 33.6 Å². The van der Waals surface area contributed by atoms with Crippen molar-refractivity contribution >= 4 is 61.5 Å². The summed E-state index contributed by atoms with van der Waals surface area (Å²) in [7, 11) is 0. The van der Waals surface area contributed by atoms with Crippen molar-refractivity contribution in [1.82, 2.24) is 14.4 Å². The number of pyridine rings is 1. The van der Waals surface area contributed by atoms with Crippen LogP contribution in [0.15, 0.2) is 52.6 Å². The number of nitrogens with zero attached hydrogens (tertiary/aromatic N) is 4. The van der Waals surface area contributed by atoms with Gasteiger partial charge in [0.15, 0.2) is 10.9 Å². The van der Waals surface area contributed by atoms with Gasteiger partial charge in [0.25, 0.3) is 5.78 Å². The summed E-state index contributed by atoms with van der Waals surface area (Å²) in [6, 6.07) is 9.89. The fourth-order valence-corrected chi connectivity index (χ4v) is 5.97. The zero-order chi connectivity index (χ0) is 27.3. The smallest absolute Gasteiger partial charge is 0.350 e. The Morgan fingerprint density at radius 1 is 1.16 bits per heavy atom. The van der Waals surface area contributed by atoms with E-state index >= 15 is 0 Å². The lowest BCUT2D eigenvalue weighted by Gasteiger charge is -2.23. The summed E-state index contributed by atoms with van der Waals surface area (Å²) in [6.45, 7) is 7.21. The van der Waals surface area contributed by atoms with Gasteiger partial charge in [-0.3, -0.25) is 14.5 Å². The van der Waals surface area contributed by atoms with Crippen molar-refractivity contribution in [1.29, 1.82) is 0 Å². The van der Waals surface area contributed by atoms with Crippen LogP contribution in [0.1, 0.15) is 50.8 Å². The second-order valence-electron chi connectivity index (χ2n) is 8.79. The van der Waals surface area contributed by atoms with Gasteiger partial charge in [-0.2, -0.15) is 0 Å². The highest BCUT2D eigenvalue weighted by molar-refractivity contribution is 9.10. The summed E-state index contributed by atoms with van der Waals surface area (Å²) in [4.78, 5) is 50.0. The number of carbonyl (C=O) groups excluding carboxylic acids is 3. The largest absolute Gasteiger partial charge is 0.505 e. The number of halogens is 1. The second-order valence-corrected chi connectivity index (χ2v) is 10.7. The number of aliphatic hydroxyl groups is 1. The van der Waals surface area contributed by atoms with Gasteiger partial charge >= 0.3 is 11.9 Å². The van der Waals surface area contributed by atoms with E-state index in [0.717, 1.165) is 21.4 Å². The number of aliphatic hydroxyl groups excluding tert-OH is 1. The molecule has 5 rings (SSSR count). The number of anilines is 1. The average molecular weight is 595 g/mol. The number of ether oxygens (including phenoxy) is 1. The molecule has 1 aliphatic rings. The first-order chi connectivity index (χ1) is 18.1. The maximum absolute atomic E-state index is 13.5. The van der Waals surface area contributed by atoms with E-state index in [4.69, 9.17) is 4.74 Å². The Bertz CT molecular complexity index is 1670. The van der Waals surface area contributed by atoms with Gasteiger partial charge in [-0.1, -0.05) is 45.5 Å². The summed E-state index contributed by atoms with van der Waals surface area (Å²) < 4.78 is 7.67. The molecule has 1 saturated heterocycles. The fourth-order valence-electron chi connectivity index (χ4n) is 4.57. The molecule has 1 amide bonds. The minimum absolute atomic E-state index is 0.109. The molecule has 1 aliphatic heterocycles. The Kier molecular flexibility index (Phi) is 6.66. The third-order valence-corrected chi connectivity index (χ3v) is 8.00. The molecular formula is C27H23BrN4O5S. The third-order valence-electron chi connectivity index (χ3n) is 6.37. The number of thiazole rings is 1. The molecule has 3 aromatic heterocycles. The minimum atomic E-state index is -1.00. The van der Waals surface area contributed by atoms with Crippen molar-refractivity contribution in [2.75, 3.05) is 11.5 Å². The Morgan fingerprint density at radius 2 is 1.92 bits per heavy atom. The van der Waals surface area contributed by atoms with Crippen LogP contribution in [0.4, 0.5) is 5.13 Å². The molecule has 4 heterocycles. The van der Waals surface area contributed by atoms with Crippen LogP contribution >= 0.6 is 27.3 Å². The average Bonchev–Trinajstić information content (AvgIpc) is 3.51. The molecule has 1 aromatic carbocycles. The SMILES string of the molecule is CCOC(=O)c1sc(N2C(=O)C(=O)/C(=C(/O)c3nc4c(C)cccn4c3C)C2c2cccc(Br)c2)nc1C. The van der Waals surface area contributed by atoms with Gasteiger partial charge in [0, 0.05) is 10.7 Å². The number of ketones is 1. The van der Waals surface area contributed by atoms with Crippen LogP contribution in [0.3, 0.4) is 0 Å². The Morgan fingerprint density at radius 3 is 2.61 bits per heavy atom. The normalized spacial score (nSPS) is 17.0. The molecule has 9 nitrogen and oxygen atoms in total. The molecule has 0 bridgehead atoms. The zero-order valence-electron chi connectivity index (χ0n) is 21.0. The molecule has 0 aliphatic carbocycles. The van der Waals surface area contributed by atoms with E-state index in [0.29, 0.717) is 22.6 Å². The number of esters is 1. The van der Waals surface area contributed by atoms with Crippen molar-refractivity contribution in [2.24, 2.45) is 0 Å². The van der Waals surface area contributed by atoms with Crippen molar-refractivity contribution in [3.8, 4) is 0 Å². The Balaban J connectivity index is 1.74. The minimum Gasteiger partial charge on any atom is -0.505 e. The van der Waals surface area contributed by atoms with Crippen LogP contribution in [-0.4, -0.2) is 43.7 Å². The molecule has 194 valence electrons. The molecule has 1 atom stereocenters. The molecule has 1 N–H and O–H groups in total. The van der Waals surface area contributed by atoms with E-state index in [2.05, 4.69) is 25.9 Å². The van der Waals surface area contributed by atoms with E-state index in [9.17, 15) is 19.5 Å². The number of amides is 1. The number of carbonyl (C=O) groups is 3. The van der Waals surface area contributed by atoms with Crippen LogP contribution in [0.25, 0.3) is 11.4 Å². The van der Waals surface area contributed by atoms with E-state index in [1.54, 1.807) is 39.0 Å². The van der Waals surface area contributed by atoms with Crippen LogP contribution in [-0.2, 0) is 14.3 Å². The summed E-state index contributed by atoms with van der Waals surface area (Å²) in [5, 5.41) is 11.7. The molecular weight excluding hydrogens is 572 g/mol. The second kappa shape index (κ2) is 9.80. The third kappa shape index (κ3) is 4.11. The number of benzene rings is 1. The van der Waals surface area contributed by atoms with Gasteiger partial charge < -0.3 is 14.2 Å². The lowest BCUT2D eigenvalue weighted by Crippen LogP contribution is -2.29. The quantitative estimate of drug-likeness (QED) is 0.145. The number of aryl methyl sites for hydroxylation is 3. The summed E-state index contributed by atoms with van der Waals surface area (Å²) in [5.74, 6) is -2.67. The standard InChI is InChI=1S/C27H23BrN4O5S/c1-5-37-26(36)23-14(3)29-27(38-23)32-20(16-9-6-10-17(28)12-16)18(22(34)25(32)35)21(33)19-15(4)31-11-7-8-13(2)24(31)30-19/h6-12,20,33H,5H2,1-4H3/b21-18+. The number of imidazole rings is 1. The lowest BCUT2D eigenvalue weighted by atomic mass is 9.96. The van der Waals surface area contributed by atoms with Gasteiger partial charge in [0.05, 0.1) is 29.6 Å². The van der Waals surface area contributed by atoms with Gasteiger partial charge in [-0.15, -0.1) is 0 Å². The first-order valence-electron chi connectivity index (χ1n) is 11.8. The Labute approximate surface area is 230 Å². The highest BCUT2D eigenvalue weighted by atomic mass is 79.9. The highest BCUT2D eigenvalue weighted by Crippen LogP contribution is 2.44. The van der Waals surface area contributed by atoms with Crippen molar-refractivity contribution < 1.29 is 24.2 Å². The van der Waals surface area contributed by atoms with Crippen LogP contribution < -0.4 is 4.90 Å². The summed E-state index contributed by atoms with van der Waals surface area (Å²) >= 11 is 4.42. The monoisotopic (exact) mass is 594 g/mol. The van der Waals surface area contributed by atoms with Crippen molar-refractivity contribution in [3.63, 3.8) is 0 Å². The van der Waals surface area contributed by atoms with Crippen LogP contribution in [0.2, 0.25) is 0 Å². The Hall–Kier alpha value is -3.83. The molecule has 0 saturated carbocycles. The molecule has 1 fully saturated rings. The first kappa shape index (κ1) is 25.8. The van der Waals surface area contributed by atoms with Crippen LogP contribution in [0.5, 0.6) is 0 Å². The van der Waals surface area contributed by atoms with E-state index in [1.807, 2.05) is 35.7 Å². The maximum Gasteiger partial charge on any atom is 0.350 e. The topological polar surface area (TPSA) is 114 Å². The molecule has 11 heteroatoms. The molecule has 4 aromatic rings. The molecule has 38 heavy (non-hydrogen) atoms. The maximum atomic E-state index is 13.5. The van der Waals surface area contributed by atoms with Crippen LogP contribution in [0, 0.1) is 20.8 Å². The number of hydrogen-bond donors (Lipinski definition) is 1. The number of aromatic nitrogens is 3. The number of fused-ring (bicyclic) bond motifs is 1. The van der Waals surface area contributed by atoms with E-state index < -0.39 is 23.7 Å². The summed E-state index contributed by atoms with van der Waals surface area (Å²) in [6.07, 6.45) is 1.82. The molecule has 0 radical (unpaired) electrons. The van der Waals surface area contributed by atoms with Crippen molar-refractivity contribution in [3.05, 3.63) is 85.7 Å². The predicted molar refractivity (Wildman–Crippen MR) is 146 cm³/mol. The van der Waals surface area contributed by atoms with Gasteiger partial charge in [0.2, 0.25) is 0 Å². The molecule has 1 unspecified atom stereocenters. The fraction of sp³-hybridized carbons (Fsp3) is 0.222. The number of hydrogen-bond acceptors (Lipinski definition) is 8. The first-order valence-corrected chi connectivity index (χ1v) is 13.4. The van der Waals surface area contributed by atoms with Gasteiger partial charge in [-0.25, -0.2) is 14.8 Å². The highest BCUT2D eigenvalue weighted by Gasteiger charge is 2.49. The lowest BCUT2D eigenvalue weighted by molar-refractivity contribution is -0.132. The predicted octanol–water partition coefficient (Wildman–Crippen LogP) is 5.28. The zero-order valence-corrected chi connectivity index (χ0v) is 23.4. The van der Waals surface area contributed by atoms with Gasteiger partial charge in [-0.05, 0) is 57.0 Å². The molecule has 0 spiro atoms. The summed E-state index contributed by atoms with van der Waals surface area (Å²) in [5.41, 5.74) is 3.20.